The van der Waals surface area contributed by atoms with E-state index in [1.165, 1.54) is 0 Å². The molecule has 2 aromatic carbocycles. The number of methoxy groups -OCH3 is 1. The number of benzene rings is 2. The maximum atomic E-state index is 12.3. The fourth-order valence-corrected chi connectivity index (χ4v) is 4.31. The molecule has 0 fully saturated rings. The van der Waals surface area contributed by atoms with E-state index in [-0.39, 0.29) is 6.61 Å². The average molecular weight is 552 g/mol. The molecule has 0 unspecified atom stereocenters. The number of ether oxygens (including phenoxy) is 3. The van der Waals surface area contributed by atoms with Gasteiger partial charge < -0.3 is 18.6 Å². The number of aromatic nitrogens is 2. The zero-order valence-electron chi connectivity index (χ0n) is 22.9. The third kappa shape index (κ3) is 7.22. The van der Waals surface area contributed by atoms with Crippen molar-refractivity contribution < 1.29 is 23.4 Å². The van der Waals surface area contributed by atoms with Crippen molar-refractivity contribution in [3.05, 3.63) is 94.7 Å². The van der Waals surface area contributed by atoms with Crippen molar-refractivity contribution >= 4 is 17.6 Å². The van der Waals surface area contributed by atoms with Crippen molar-refractivity contribution in [2.75, 3.05) is 13.7 Å². The number of nitrogens with zero attached hydrogens (tertiary/aromatic N) is 3. The van der Waals surface area contributed by atoms with Crippen LogP contribution in [0.2, 0.25) is 5.02 Å². The van der Waals surface area contributed by atoms with Gasteiger partial charge in [0.25, 0.3) is 0 Å². The highest BCUT2D eigenvalue weighted by atomic mass is 35.5. The molecule has 39 heavy (non-hydrogen) atoms. The predicted molar refractivity (Wildman–Crippen MR) is 149 cm³/mol. The lowest BCUT2D eigenvalue weighted by molar-refractivity contribution is -0.158. The zero-order valence-corrected chi connectivity index (χ0v) is 23.7. The van der Waals surface area contributed by atoms with Gasteiger partial charge in [0.05, 0.1) is 37.9 Å². The lowest BCUT2D eigenvalue weighted by atomic mass is 10.1. The van der Waals surface area contributed by atoms with Gasteiger partial charge in [0.1, 0.15) is 5.76 Å². The quantitative estimate of drug-likeness (QED) is 0.190. The first-order valence-electron chi connectivity index (χ1n) is 12.8. The van der Waals surface area contributed by atoms with Crippen LogP contribution in [0.3, 0.4) is 0 Å². The van der Waals surface area contributed by atoms with Gasteiger partial charge >= 0.3 is 5.97 Å². The van der Waals surface area contributed by atoms with Crippen LogP contribution in [0.5, 0.6) is 11.5 Å². The molecule has 0 radical (unpaired) electrons. The SMILES string of the molecule is CCOC(=O)C(C)(C)Oc1ccc(CN(Cc2ccco2)Cc2cn(-c3ccc(Cl)cc3)nc2C)cc1OC. The number of hydrogen-bond acceptors (Lipinski definition) is 7. The summed E-state index contributed by atoms with van der Waals surface area (Å²) in [6.45, 7) is 9.28. The number of aryl methyl sites for hydroxylation is 1. The van der Waals surface area contributed by atoms with Crippen molar-refractivity contribution in [1.29, 1.82) is 0 Å². The van der Waals surface area contributed by atoms with E-state index in [1.54, 1.807) is 34.1 Å². The molecule has 0 saturated carbocycles. The molecular formula is C30H34ClN3O5. The van der Waals surface area contributed by atoms with E-state index in [2.05, 4.69) is 4.90 Å². The summed E-state index contributed by atoms with van der Waals surface area (Å²) in [5, 5.41) is 5.40. The molecule has 0 aliphatic rings. The van der Waals surface area contributed by atoms with E-state index in [0.29, 0.717) is 36.2 Å². The Balaban J connectivity index is 1.55. The highest BCUT2D eigenvalue weighted by Gasteiger charge is 2.32. The molecule has 9 heteroatoms. The van der Waals surface area contributed by atoms with Crippen molar-refractivity contribution in [3.8, 4) is 17.2 Å². The van der Waals surface area contributed by atoms with E-state index >= 15 is 0 Å². The van der Waals surface area contributed by atoms with Crippen molar-refractivity contribution in [3.63, 3.8) is 0 Å². The Labute approximate surface area is 234 Å². The standard InChI is InChI=1S/C30H34ClN3O5/c1-6-37-29(35)30(3,4)39-27-14-9-22(16-28(27)36-5)17-33(20-26-8-7-15-38-26)18-23-19-34(32-21(23)2)25-12-10-24(31)11-13-25/h7-16,19H,6,17-18,20H2,1-5H3. The molecule has 2 aromatic heterocycles. The van der Waals surface area contributed by atoms with Crippen molar-refractivity contribution in [1.82, 2.24) is 14.7 Å². The number of carbonyl (C=O) groups is 1. The molecule has 0 saturated heterocycles. The van der Waals surface area contributed by atoms with Gasteiger partial charge in [0.15, 0.2) is 17.1 Å². The van der Waals surface area contributed by atoms with Crippen LogP contribution >= 0.6 is 11.6 Å². The summed E-state index contributed by atoms with van der Waals surface area (Å²) in [7, 11) is 1.58. The summed E-state index contributed by atoms with van der Waals surface area (Å²) in [4.78, 5) is 14.6. The lowest BCUT2D eigenvalue weighted by Gasteiger charge is -2.26. The van der Waals surface area contributed by atoms with E-state index in [9.17, 15) is 4.79 Å². The van der Waals surface area contributed by atoms with E-state index in [1.807, 2.05) is 72.4 Å². The minimum atomic E-state index is -1.15. The summed E-state index contributed by atoms with van der Waals surface area (Å²) in [6, 6.07) is 17.2. The summed E-state index contributed by atoms with van der Waals surface area (Å²) >= 11 is 6.06. The first-order valence-corrected chi connectivity index (χ1v) is 13.1. The number of esters is 1. The fraction of sp³-hybridized carbons (Fsp3) is 0.333. The molecule has 0 aliphatic heterocycles. The Morgan fingerprint density at radius 2 is 1.85 bits per heavy atom. The summed E-state index contributed by atoms with van der Waals surface area (Å²) in [5.74, 6) is 1.43. The lowest BCUT2D eigenvalue weighted by Crippen LogP contribution is -2.39. The highest BCUT2D eigenvalue weighted by Crippen LogP contribution is 2.32. The van der Waals surface area contributed by atoms with Gasteiger partial charge in [0, 0.05) is 29.9 Å². The first kappa shape index (κ1) is 28.3. The highest BCUT2D eigenvalue weighted by molar-refractivity contribution is 6.30. The monoisotopic (exact) mass is 551 g/mol. The van der Waals surface area contributed by atoms with Crippen LogP contribution in [0.4, 0.5) is 0 Å². The number of halogens is 1. The molecule has 4 aromatic rings. The van der Waals surface area contributed by atoms with Gasteiger partial charge in [-0.05, 0) is 81.8 Å². The van der Waals surface area contributed by atoms with Gasteiger partial charge in [-0.3, -0.25) is 4.90 Å². The molecule has 0 bridgehead atoms. The maximum Gasteiger partial charge on any atom is 0.349 e. The molecule has 0 aliphatic carbocycles. The molecule has 206 valence electrons. The molecular weight excluding hydrogens is 518 g/mol. The molecule has 0 atom stereocenters. The minimum Gasteiger partial charge on any atom is -0.493 e. The number of carbonyl (C=O) groups excluding carboxylic acids is 1. The Morgan fingerprint density at radius 3 is 2.51 bits per heavy atom. The Hall–Kier alpha value is -3.75. The Bertz CT molecular complexity index is 1380. The van der Waals surface area contributed by atoms with E-state index < -0.39 is 11.6 Å². The third-order valence-corrected chi connectivity index (χ3v) is 6.46. The van der Waals surface area contributed by atoms with E-state index in [4.69, 9.17) is 35.3 Å². The summed E-state index contributed by atoms with van der Waals surface area (Å²) < 4.78 is 24.3. The second-order valence-electron chi connectivity index (χ2n) is 9.70. The smallest absolute Gasteiger partial charge is 0.349 e. The van der Waals surface area contributed by atoms with E-state index in [0.717, 1.165) is 28.3 Å². The van der Waals surface area contributed by atoms with Crippen LogP contribution in [0.1, 0.15) is 43.4 Å². The minimum absolute atomic E-state index is 0.283. The van der Waals surface area contributed by atoms with Crippen LogP contribution in [-0.2, 0) is 29.2 Å². The van der Waals surface area contributed by atoms with Crippen LogP contribution in [0, 0.1) is 6.92 Å². The van der Waals surface area contributed by atoms with Crippen molar-refractivity contribution in [2.24, 2.45) is 0 Å². The molecule has 0 N–H and O–H groups in total. The molecule has 0 spiro atoms. The van der Waals surface area contributed by atoms with Gasteiger partial charge in [-0.15, -0.1) is 0 Å². The largest absolute Gasteiger partial charge is 0.493 e. The fourth-order valence-electron chi connectivity index (χ4n) is 4.18. The zero-order chi connectivity index (χ0) is 28.0. The first-order chi connectivity index (χ1) is 18.7. The summed E-state index contributed by atoms with van der Waals surface area (Å²) in [5.41, 5.74) is 2.84. The predicted octanol–water partition coefficient (Wildman–Crippen LogP) is 6.36. The number of furan rings is 1. The average Bonchev–Trinajstić information content (AvgIpc) is 3.55. The van der Waals surface area contributed by atoms with Gasteiger partial charge in [0.2, 0.25) is 0 Å². The maximum absolute atomic E-state index is 12.3. The van der Waals surface area contributed by atoms with Gasteiger partial charge in [-0.1, -0.05) is 17.7 Å². The molecule has 0 amide bonds. The van der Waals surface area contributed by atoms with Gasteiger partial charge in [-0.25, -0.2) is 9.48 Å². The van der Waals surface area contributed by atoms with Crippen LogP contribution in [0.25, 0.3) is 5.69 Å². The van der Waals surface area contributed by atoms with Crippen LogP contribution in [-0.4, -0.2) is 40.0 Å². The van der Waals surface area contributed by atoms with Crippen LogP contribution in [0.15, 0.2) is 71.5 Å². The second-order valence-corrected chi connectivity index (χ2v) is 10.1. The number of rotatable bonds is 12. The van der Waals surface area contributed by atoms with Gasteiger partial charge in [-0.2, -0.15) is 5.10 Å². The normalized spacial score (nSPS) is 11.6. The van der Waals surface area contributed by atoms with Crippen LogP contribution < -0.4 is 9.47 Å². The third-order valence-electron chi connectivity index (χ3n) is 6.21. The number of hydrogen-bond donors (Lipinski definition) is 0. The second kappa shape index (κ2) is 12.4. The Morgan fingerprint density at radius 1 is 1.08 bits per heavy atom. The molecule has 4 rings (SSSR count). The molecule has 8 nitrogen and oxygen atoms in total. The molecule has 2 heterocycles. The van der Waals surface area contributed by atoms with Crippen molar-refractivity contribution in [2.45, 2.75) is 52.9 Å². The Kier molecular flexibility index (Phi) is 8.99. The summed E-state index contributed by atoms with van der Waals surface area (Å²) in [6.07, 6.45) is 3.72. The topological polar surface area (TPSA) is 79.0 Å².